The van der Waals surface area contributed by atoms with Gasteiger partial charge in [-0.15, -0.1) is 11.3 Å². The molecule has 0 fully saturated rings. The fourth-order valence-electron chi connectivity index (χ4n) is 1.25. The molecule has 2 N–H and O–H groups in total. The molecule has 0 unspecified atom stereocenters. The van der Waals surface area contributed by atoms with Gasteiger partial charge in [0.2, 0.25) is 0 Å². The van der Waals surface area contributed by atoms with Gasteiger partial charge in [0.15, 0.2) is 0 Å². The van der Waals surface area contributed by atoms with E-state index in [1.54, 1.807) is 11.3 Å². The zero-order chi connectivity index (χ0) is 9.80. The van der Waals surface area contributed by atoms with Gasteiger partial charge in [0.25, 0.3) is 0 Å². The van der Waals surface area contributed by atoms with Crippen LogP contribution < -0.4 is 5.32 Å². The first-order valence-corrected chi connectivity index (χ1v) is 6.08. The molecule has 0 saturated carbocycles. The van der Waals surface area contributed by atoms with Crippen LogP contribution in [0.25, 0.3) is 0 Å². The van der Waals surface area contributed by atoms with Crippen LogP contribution in [-0.4, -0.2) is 4.98 Å². The van der Waals surface area contributed by atoms with E-state index in [1.165, 1.54) is 10.6 Å². The highest BCUT2D eigenvalue weighted by Gasteiger charge is 1.96. The fraction of sp³-hybridized carbons (Fsp3) is 0.200. The monoisotopic (exact) mass is 270 g/mol. The maximum Gasteiger partial charge on any atom is 0.0360 e. The molecule has 2 heterocycles. The van der Waals surface area contributed by atoms with Crippen molar-refractivity contribution in [1.29, 1.82) is 0 Å². The number of aromatic nitrogens is 1. The van der Waals surface area contributed by atoms with Gasteiger partial charge in [0, 0.05) is 34.3 Å². The van der Waals surface area contributed by atoms with E-state index in [0.717, 1.165) is 17.6 Å². The van der Waals surface area contributed by atoms with Crippen LogP contribution in [0.2, 0.25) is 0 Å². The molecule has 74 valence electrons. The van der Waals surface area contributed by atoms with Crippen molar-refractivity contribution >= 4 is 27.3 Å². The number of aromatic amines is 1. The fourth-order valence-corrected chi connectivity index (χ4v) is 2.31. The Labute approximate surface area is 95.5 Å². The van der Waals surface area contributed by atoms with E-state index in [1.807, 2.05) is 6.20 Å². The molecule has 0 atom stereocenters. The summed E-state index contributed by atoms with van der Waals surface area (Å²) >= 11 is 5.19. The van der Waals surface area contributed by atoms with E-state index >= 15 is 0 Å². The van der Waals surface area contributed by atoms with Crippen LogP contribution in [0.4, 0.5) is 0 Å². The van der Waals surface area contributed by atoms with E-state index in [-0.39, 0.29) is 0 Å². The maximum atomic E-state index is 3.41. The Balaban J connectivity index is 1.78. The summed E-state index contributed by atoms with van der Waals surface area (Å²) in [4.78, 5) is 4.55. The van der Waals surface area contributed by atoms with Gasteiger partial charge in [-0.3, -0.25) is 0 Å². The third-order valence-corrected chi connectivity index (χ3v) is 3.24. The Morgan fingerprint density at radius 2 is 2.36 bits per heavy atom. The molecule has 2 aromatic rings. The highest BCUT2D eigenvalue weighted by molar-refractivity contribution is 9.10. The number of H-pyrrole nitrogens is 1. The molecule has 0 aromatic carbocycles. The smallest absolute Gasteiger partial charge is 0.0360 e. The highest BCUT2D eigenvalue weighted by atomic mass is 79.9. The molecule has 0 radical (unpaired) electrons. The van der Waals surface area contributed by atoms with Gasteiger partial charge in [-0.25, -0.2) is 0 Å². The van der Waals surface area contributed by atoms with Crippen molar-refractivity contribution in [3.05, 3.63) is 44.8 Å². The first kappa shape index (κ1) is 9.96. The number of thiophene rings is 1. The van der Waals surface area contributed by atoms with E-state index in [0.29, 0.717) is 0 Å². The van der Waals surface area contributed by atoms with Crippen molar-refractivity contribution in [1.82, 2.24) is 10.3 Å². The van der Waals surface area contributed by atoms with Gasteiger partial charge < -0.3 is 10.3 Å². The molecule has 2 nitrogen and oxygen atoms in total. The lowest BCUT2D eigenvalue weighted by atomic mass is 10.4. The lowest BCUT2D eigenvalue weighted by Crippen LogP contribution is -2.11. The summed E-state index contributed by atoms with van der Waals surface area (Å²) in [6, 6.07) is 6.30. The summed E-state index contributed by atoms with van der Waals surface area (Å²) < 4.78 is 1.10. The number of hydrogen-bond donors (Lipinski definition) is 2. The van der Waals surface area contributed by atoms with Gasteiger partial charge in [-0.2, -0.15) is 0 Å². The van der Waals surface area contributed by atoms with E-state index in [2.05, 4.69) is 49.8 Å². The molecule has 0 bridgehead atoms. The predicted molar refractivity (Wildman–Crippen MR) is 63.4 cm³/mol. The Hall–Kier alpha value is -0.580. The summed E-state index contributed by atoms with van der Waals surface area (Å²) in [6.45, 7) is 1.82. The summed E-state index contributed by atoms with van der Waals surface area (Å²) in [5, 5.41) is 5.48. The zero-order valence-electron chi connectivity index (χ0n) is 7.59. The normalized spacial score (nSPS) is 10.6. The highest BCUT2D eigenvalue weighted by Crippen LogP contribution is 2.11. The summed E-state index contributed by atoms with van der Waals surface area (Å²) in [5.41, 5.74) is 1.20. The lowest BCUT2D eigenvalue weighted by Gasteiger charge is -2.00. The molecular weight excluding hydrogens is 260 g/mol. The second-order valence-corrected chi connectivity index (χ2v) is 4.97. The summed E-state index contributed by atoms with van der Waals surface area (Å²) in [5.74, 6) is 0. The second-order valence-electron chi connectivity index (χ2n) is 3.03. The van der Waals surface area contributed by atoms with Crippen LogP contribution in [0.1, 0.15) is 10.6 Å². The molecular formula is C10H11BrN2S. The Bertz CT molecular complexity index is 380. The van der Waals surface area contributed by atoms with Crippen LogP contribution in [-0.2, 0) is 13.1 Å². The largest absolute Gasteiger partial charge is 0.363 e. The molecule has 0 aliphatic carbocycles. The third kappa shape index (κ3) is 2.70. The first-order chi connectivity index (χ1) is 6.84. The summed E-state index contributed by atoms with van der Waals surface area (Å²) in [6.07, 6.45) is 1.95. The number of rotatable bonds is 4. The average Bonchev–Trinajstić information content (AvgIpc) is 2.77. The lowest BCUT2D eigenvalue weighted by molar-refractivity contribution is 0.689. The minimum atomic E-state index is 0.878. The minimum Gasteiger partial charge on any atom is -0.363 e. The average molecular weight is 271 g/mol. The Morgan fingerprint density at radius 3 is 3.00 bits per heavy atom. The molecule has 0 aliphatic heterocycles. The van der Waals surface area contributed by atoms with Crippen LogP contribution >= 0.6 is 27.3 Å². The van der Waals surface area contributed by atoms with Crippen LogP contribution in [0.15, 0.2) is 34.2 Å². The van der Waals surface area contributed by atoms with E-state index < -0.39 is 0 Å². The minimum absolute atomic E-state index is 0.878. The first-order valence-electron chi connectivity index (χ1n) is 4.40. The van der Waals surface area contributed by atoms with Gasteiger partial charge in [-0.1, -0.05) is 6.07 Å². The Morgan fingerprint density at radius 1 is 1.43 bits per heavy atom. The predicted octanol–water partition coefficient (Wildman–Crippen LogP) is 3.13. The molecule has 0 spiro atoms. The molecule has 2 rings (SSSR count). The van der Waals surface area contributed by atoms with Crippen molar-refractivity contribution in [3.63, 3.8) is 0 Å². The SMILES string of the molecule is Brc1c[nH]c(CNCc2cccs2)c1. The van der Waals surface area contributed by atoms with E-state index in [9.17, 15) is 0 Å². The Kier molecular flexibility index (Phi) is 3.39. The molecule has 2 aromatic heterocycles. The van der Waals surface area contributed by atoms with Crippen molar-refractivity contribution in [3.8, 4) is 0 Å². The number of halogens is 1. The number of hydrogen-bond acceptors (Lipinski definition) is 2. The van der Waals surface area contributed by atoms with Crippen molar-refractivity contribution in [2.45, 2.75) is 13.1 Å². The van der Waals surface area contributed by atoms with Crippen molar-refractivity contribution in [2.24, 2.45) is 0 Å². The zero-order valence-corrected chi connectivity index (χ0v) is 9.99. The molecule has 0 amide bonds. The van der Waals surface area contributed by atoms with Gasteiger partial charge in [0.05, 0.1) is 0 Å². The van der Waals surface area contributed by atoms with Crippen LogP contribution in [0.5, 0.6) is 0 Å². The maximum absolute atomic E-state index is 3.41. The standard InChI is InChI=1S/C10H11BrN2S/c11-8-4-9(13-5-8)6-12-7-10-2-1-3-14-10/h1-5,12-13H,6-7H2. The quantitative estimate of drug-likeness (QED) is 0.878. The molecule has 4 heteroatoms. The molecule has 0 aliphatic rings. The van der Waals surface area contributed by atoms with Crippen LogP contribution in [0.3, 0.4) is 0 Å². The van der Waals surface area contributed by atoms with Crippen molar-refractivity contribution < 1.29 is 0 Å². The topological polar surface area (TPSA) is 27.8 Å². The van der Waals surface area contributed by atoms with Gasteiger partial charge in [0.1, 0.15) is 0 Å². The number of nitrogens with one attached hydrogen (secondary N) is 2. The van der Waals surface area contributed by atoms with Gasteiger partial charge >= 0.3 is 0 Å². The third-order valence-electron chi connectivity index (χ3n) is 1.90. The molecule has 14 heavy (non-hydrogen) atoms. The molecule has 0 saturated heterocycles. The van der Waals surface area contributed by atoms with Crippen LogP contribution in [0, 0.1) is 0 Å². The van der Waals surface area contributed by atoms with Crippen molar-refractivity contribution in [2.75, 3.05) is 0 Å². The second kappa shape index (κ2) is 4.77. The summed E-state index contributed by atoms with van der Waals surface area (Å²) in [7, 11) is 0. The van der Waals surface area contributed by atoms with E-state index in [4.69, 9.17) is 0 Å². The van der Waals surface area contributed by atoms with Gasteiger partial charge in [-0.05, 0) is 33.4 Å².